The number of benzene rings is 1. The normalized spacial score (nSPS) is 11.8. The molecule has 19 heavy (non-hydrogen) atoms. The first-order chi connectivity index (χ1) is 8.91. The Morgan fingerprint density at radius 2 is 1.84 bits per heavy atom. The largest absolute Gasteiger partial charge is 0.507 e. The lowest BCUT2D eigenvalue weighted by Crippen LogP contribution is -2.41. The molecule has 0 saturated heterocycles. The summed E-state index contributed by atoms with van der Waals surface area (Å²) < 4.78 is 0.748. The van der Waals surface area contributed by atoms with Crippen molar-refractivity contribution in [2.24, 2.45) is 0 Å². The van der Waals surface area contributed by atoms with Gasteiger partial charge in [0, 0.05) is 31.7 Å². The maximum atomic E-state index is 9.44. The standard InChI is InChI=1S/C15H25BrN2O/c1-11(2)18(12(3)4)8-7-17-10-13-5-6-15(19)14(16)9-13/h5-6,9,11-12,17,19H,7-8,10H2,1-4H3. The third kappa shape index (κ3) is 5.51. The minimum Gasteiger partial charge on any atom is -0.507 e. The van der Waals surface area contributed by atoms with Gasteiger partial charge in [0.15, 0.2) is 0 Å². The van der Waals surface area contributed by atoms with E-state index in [-0.39, 0.29) is 5.75 Å². The number of hydrogen-bond donors (Lipinski definition) is 2. The molecule has 4 heteroatoms. The van der Waals surface area contributed by atoms with E-state index in [1.165, 1.54) is 5.56 Å². The summed E-state index contributed by atoms with van der Waals surface area (Å²) in [5, 5.41) is 12.9. The molecule has 0 saturated carbocycles. The summed E-state index contributed by atoms with van der Waals surface area (Å²) in [6.07, 6.45) is 0. The molecule has 0 fully saturated rings. The zero-order valence-electron chi connectivity index (χ0n) is 12.3. The molecule has 0 bridgehead atoms. The quantitative estimate of drug-likeness (QED) is 0.753. The van der Waals surface area contributed by atoms with Crippen LogP contribution in [0.2, 0.25) is 0 Å². The van der Waals surface area contributed by atoms with Crippen LogP contribution in [0.25, 0.3) is 0 Å². The second-order valence-corrected chi connectivity index (χ2v) is 6.24. The van der Waals surface area contributed by atoms with Crippen molar-refractivity contribution < 1.29 is 5.11 Å². The minimum absolute atomic E-state index is 0.287. The van der Waals surface area contributed by atoms with Gasteiger partial charge >= 0.3 is 0 Å². The highest BCUT2D eigenvalue weighted by Crippen LogP contribution is 2.24. The molecule has 0 aliphatic carbocycles. The highest BCUT2D eigenvalue weighted by Gasteiger charge is 2.12. The Hall–Kier alpha value is -0.580. The molecule has 0 unspecified atom stereocenters. The van der Waals surface area contributed by atoms with Crippen molar-refractivity contribution in [3.8, 4) is 5.75 Å². The number of phenolic OH excluding ortho intramolecular Hbond substituents is 1. The van der Waals surface area contributed by atoms with Crippen molar-refractivity contribution in [3.05, 3.63) is 28.2 Å². The Balaban J connectivity index is 2.36. The lowest BCUT2D eigenvalue weighted by Gasteiger charge is -2.30. The van der Waals surface area contributed by atoms with Gasteiger partial charge in [0.05, 0.1) is 4.47 Å². The van der Waals surface area contributed by atoms with Crippen LogP contribution in [0.3, 0.4) is 0 Å². The molecule has 0 amide bonds. The van der Waals surface area contributed by atoms with Gasteiger partial charge in [-0.25, -0.2) is 0 Å². The van der Waals surface area contributed by atoms with Crippen LogP contribution in [0.4, 0.5) is 0 Å². The van der Waals surface area contributed by atoms with E-state index in [1.54, 1.807) is 6.07 Å². The molecule has 1 aromatic carbocycles. The Morgan fingerprint density at radius 1 is 1.21 bits per heavy atom. The minimum atomic E-state index is 0.287. The molecule has 3 nitrogen and oxygen atoms in total. The van der Waals surface area contributed by atoms with E-state index in [2.05, 4.69) is 53.8 Å². The lowest BCUT2D eigenvalue weighted by atomic mass is 10.2. The summed E-state index contributed by atoms with van der Waals surface area (Å²) in [7, 11) is 0. The first-order valence-electron chi connectivity index (χ1n) is 6.85. The van der Waals surface area contributed by atoms with Gasteiger partial charge in [-0.3, -0.25) is 4.90 Å². The van der Waals surface area contributed by atoms with Gasteiger partial charge in [0.25, 0.3) is 0 Å². The number of nitrogens with one attached hydrogen (secondary N) is 1. The number of rotatable bonds is 7. The summed E-state index contributed by atoms with van der Waals surface area (Å²) in [4.78, 5) is 2.47. The van der Waals surface area contributed by atoms with Crippen molar-refractivity contribution in [2.75, 3.05) is 13.1 Å². The van der Waals surface area contributed by atoms with Crippen LogP contribution in [-0.4, -0.2) is 35.2 Å². The van der Waals surface area contributed by atoms with Crippen LogP contribution in [0.1, 0.15) is 33.3 Å². The second-order valence-electron chi connectivity index (χ2n) is 5.39. The number of hydrogen-bond acceptors (Lipinski definition) is 3. The zero-order chi connectivity index (χ0) is 14.4. The molecule has 2 N–H and O–H groups in total. The fourth-order valence-corrected chi connectivity index (χ4v) is 2.64. The Morgan fingerprint density at radius 3 is 2.37 bits per heavy atom. The Bertz CT molecular complexity index is 386. The number of phenols is 1. The fraction of sp³-hybridized carbons (Fsp3) is 0.600. The third-order valence-electron chi connectivity index (χ3n) is 3.21. The van der Waals surface area contributed by atoms with Crippen LogP contribution < -0.4 is 5.32 Å². The molecule has 1 rings (SSSR count). The van der Waals surface area contributed by atoms with Crippen molar-refractivity contribution >= 4 is 15.9 Å². The highest BCUT2D eigenvalue weighted by atomic mass is 79.9. The van der Waals surface area contributed by atoms with Gasteiger partial charge in [-0.2, -0.15) is 0 Å². The predicted molar refractivity (Wildman–Crippen MR) is 84.5 cm³/mol. The van der Waals surface area contributed by atoms with E-state index in [4.69, 9.17) is 0 Å². The smallest absolute Gasteiger partial charge is 0.129 e. The van der Waals surface area contributed by atoms with Gasteiger partial charge in [-0.15, -0.1) is 0 Å². The maximum Gasteiger partial charge on any atom is 0.129 e. The average molecular weight is 329 g/mol. The second kappa shape index (κ2) is 7.88. The van der Waals surface area contributed by atoms with Crippen LogP contribution in [0.15, 0.2) is 22.7 Å². The van der Waals surface area contributed by atoms with Gasteiger partial charge in [0.1, 0.15) is 5.75 Å². The summed E-state index contributed by atoms with van der Waals surface area (Å²) in [5.41, 5.74) is 1.17. The number of halogens is 1. The summed E-state index contributed by atoms with van der Waals surface area (Å²) in [5.74, 6) is 0.287. The lowest BCUT2D eigenvalue weighted by molar-refractivity contribution is 0.176. The molecule has 1 aromatic rings. The first-order valence-corrected chi connectivity index (χ1v) is 7.65. The van der Waals surface area contributed by atoms with Crippen molar-refractivity contribution in [2.45, 2.75) is 46.3 Å². The van der Waals surface area contributed by atoms with Crippen LogP contribution in [0.5, 0.6) is 5.75 Å². The monoisotopic (exact) mass is 328 g/mol. The van der Waals surface area contributed by atoms with E-state index in [0.717, 1.165) is 24.1 Å². The topological polar surface area (TPSA) is 35.5 Å². The van der Waals surface area contributed by atoms with Gasteiger partial charge in [-0.05, 0) is 61.3 Å². The molecule has 0 aromatic heterocycles. The molecular formula is C15H25BrN2O. The van der Waals surface area contributed by atoms with E-state index in [1.807, 2.05) is 12.1 Å². The van der Waals surface area contributed by atoms with Gasteiger partial charge < -0.3 is 10.4 Å². The molecule has 0 radical (unpaired) electrons. The summed E-state index contributed by atoms with van der Waals surface area (Å²) >= 11 is 3.33. The third-order valence-corrected chi connectivity index (χ3v) is 3.85. The predicted octanol–water partition coefficient (Wildman–Crippen LogP) is 3.36. The van der Waals surface area contributed by atoms with Crippen LogP contribution in [0, 0.1) is 0 Å². The Labute approximate surface area is 125 Å². The molecule has 108 valence electrons. The summed E-state index contributed by atoms with van der Waals surface area (Å²) in [6.45, 7) is 11.8. The molecule has 0 heterocycles. The van der Waals surface area contributed by atoms with E-state index >= 15 is 0 Å². The van der Waals surface area contributed by atoms with E-state index < -0.39 is 0 Å². The number of aromatic hydroxyl groups is 1. The zero-order valence-corrected chi connectivity index (χ0v) is 13.9. The van der Waals surface area contributed by atoms with Crippen LogP contribution >= 0.6 is 15.9 Å². The fourth-order valence-electron chi connectivity index (χ4n) is 2.21. The highest BCUT2D eigenvalue weighted by molar-refractivity contribution is 9.10. The van der Waals surface area contributed by atoms with Gasteiger partial charge in [-0.1, -0.05) is 6.07 Å². The average Bonchev–Trinajstić information content (AvgIpc) is 2.32. The van der Waals surface area contributed by atoms with E-state index in [0.29, 0.717) is 12.1 Å². The van der Waals surface area contributed by atoms with Crippen molar-refractivity contribution in [3.63, 3.8) is 0 Å². The van der Waals surface area contributed by atoms with Crippen molar-refractivity contribution in [1.82, 2.24) is 10.2 Å². The summed E-state index contributed by atoms with van der Waals surface area (Å²) in [6, 6.07) is 6.75. The molecule has 0 atom stereocenters. The number of nitrogens with zero attached hydrogens (tertiary/aromatic N) is 1. The molecule has 0 aliphatic rings. The molecule has 0 aliphatic heterocycles. The maximum absolute atomic E-state index is 9.44. The molecule has 0 spiro atoms. The SMILES string of the molecule is CC(C)N(CCNCc1ccc(O)c(Br)c1)C(C)C. The van der Waals surface area contributed by atoms with Crippen LogP contribution in [-0.2, 0) is 6.54 Å². The Kier molecular flexibility index (Phi) is 6.83. The first kappa shape index (κ1) is 16.5. The van der Waals surface area contributed by atoms with Crippen molar-refractivity contribution in [1.29, 1.82) is 0 Å². The molecular weight excluding hydrogens is 304 g/mol. The van der Waals surface area contributed by atoms with Gasteiger partial charge in [0.2, 0.25) is 0 Å². The van der Waals surface area contributed by atoms with E-state index in [9.17, 15) is 5.11 Å².